The molecule has 0 heterocycles. The Morgan fingerprint density at radius 3 is 1.50 bits per heavy atom. The minimum atomic E-state index is -4.76. The van der Waals surface area contributed by atoms with Gasteiger partial charge in [0.2, 0.25) is 0 Å². The molecule has 0 amide bonds. The van der Waals surface area contributed by atoms with Crippen molar-refractivity contribution in [2.24, 2.45) is 0 Å². The second-order valence-electron chi connectivity index (χ2n) is 3.06. The lowest BCUT2D eigenvalue weighted by Gasteiger charge is -2.07. The quantitative estimate of drug-likeness (QED) is 0.653. The average molecular weight is 268 g/mol. The van der Waals surface area contributed by atoms with E-state index in [1.807, 2.05) is 0 Å². The summed E-state index contributed by atoms with van der Waals surface area (Å²) in [7, 11) is -9.53. The van der Waals surface area contributed by atoms with Gasteiger partial charge in [0.25, 0.3) is 20.2 Å². The molecule has 1 rings (SSSR count). The average Bonchev–Trinajstić information content (AvgIpc) is 2.04. The number of phenolic OH excluding ortho intramolecular Hbond substituents is 1. The first-order chi connectivity index (χ1) is 7.03. The largest absolute Gasteiger partial charge is 0.505 e. The second-order valence-corrected chi connectivity index (χ2v) is 5.84. The van der Waals surface area contributed by atoms with Crippen LogP contribution in [0.2, 0.25) is 0 Å². The van der Waals surface area contributed by atoms with Gasteiger partial charge < -0.3 is 5.11 Å². The molecule has 0 fully saturated rings. The van der Waals surface area contributed by atoms with E-state index in [1.165, 1.54) is 6.92 Å². The first kappa shape index (κ1) is 12.9. The molecule has 1 aromatic carbocycles. The molecular weight excluding hydrogens is 260 g/mol. The van der Waals surface area contributed by atoms with Crippen LogP contribution >= 0.6 is 0 Å². The third kappa shape index (κ3) is 2.50. The molecule has 0 saturated carbocycles. The summed E-state index contributed by atoms with van der Waals surface area (Å²) in [6, 6.07) is 1.75. The van der Waals surface area contributed by atoms with Crippen LogP contribution in [0.1, 0.15) is 5.56 Å². The van der Waals surface area contributed by atoms with Crippen LogP contribution in [0.15, 0.2) is 21.9 Å². The molecule has 9 heteroatoms. The number of phenols is 1. The monoisotopic (exact) mass is 268 g/mol. The van der Waals surface area contributed by atoms with Crippen molar-refractivity contribution in [2.45, 2.75) is 16.7 Å². The van der Waals surface area contributed by atoms with Crippen LogP contribution in [0.25, 0.3) is 0 Å². The summed E-state index contributed by atoms with van der Waals surface area (Å²) in [6.45, 7) is 1.34. The highest BCUT2D eigenvalue weighted by atomic mass is 32.2. The molecule has 0 spiro atoms. The number of benzene rings is 1. The molecule has 0 saturated heterocycles. The van der Waals surface area contributed by atoms with Gasteiger partial charge in [-0.2, -0.15) is 16.8 Å². The first-order valence-electron chi connectivity index (χ1n) is 3.82. The van der Waals surface area contributed by atoms with Crippen LogP contribution in [0.4, 0.5) is 0 Å². The van der Waals surface area contributed by atoms with Gasteiger partial charge in [-0.05, 0) is 24.6 Å². The summed E-state index contributed by atoms with van der Waals surface area (Å²) >= 11 is 0. The van der Waals surface area contributed by atoms with Crippen molar-refractivity contribution in [1.29, 1.82) is 0 Å². The van der Waals surface area contributed by atoms with Crippen LogP contribution in [0.5, 0.6) is 5.75 Å². The zero-order valence-corrected chi connectivity index (χ0v) is 9.58. The summed E-state index contributed by atoms with van der Waals surface area (Å²) in [5, 5.41) is 9.31. The van der Waals surface area contributed by atoms with Gasteiger partial charge in [0.1, 0.15) is 9.79 Å². The highest BCUT2D eigenvalue weighted by molar-refractivity contribution is 7.86. The maximum Gasteiger partial charge on any atom is 0.298 e. The number of hydrogen-bond acceptors (Lipinski definition) is 5. The third-order valence-electron chi connectivity index (χ3n) is 1.74. The maximum atomic E-state index is 10.8. The van der Waals surface area contributed by atoms with Gasteiger partial charge in [-0.1, -0.05) is 0 Å². The number of aryl methyl sites for hydroxylation is 1. The van der Waals surface area contributed by atoms with Gasteiger partial charge in [0.15, 0.2) is 5.75 Å². The Bertz CT molecular complexity index is 574. The molecule has 0 atom stereocenters. The van der Waals surface area contributed by atoms with Gasteiger partial charge in [0.05, 0.1) is 0 Å². The number of hydrogen-bond donors (Lipinski definition) is 3. The highest BCUT2D eigenvalue weighted by Crippen LogP contribution is 2.31. The standard InChI is InChI=1S/C7H8O7S2/c1-4-2-5(15(9,10)11)7(8)6(3-4)16(12,13)14/h2-3,8H,1H3,(H,9,10,11)(H,12,13,14). The van der Waals surface area contributed by atoms with E-state index in [1.54, 1.807) is 0 Å². The van der Waals surface area contributed by atoms with E-state index >= 15 is 0 Å². The number of aromatic hydroxyl groups is 1. The maximum absolute atomic E-state index is 10.8. The predicted molar refractivity (Wildman–Crippen MR) is 52.5 cm³/mol. The van der Waals surface area contributed by atoms with Crippen LogP contribution in [-0.4, -0.2) is 31.0 Å². The molecular formula is C7H8O7S2. The van der Waals surface area contributed by atoms with Crippen LogP contribution in [-0.2, 0) is 20.2 Å². The van der Waals surface area contributed by atoms with Gasteiger partial charge in [-0.15, -0.1) is 0 Å². The summed E-state index contributed by atoms with van der Waals surface area (Å²) < 4.78 is 60.7. The molecule has 0 aliphatic rings. The van der Waals surface area contributed by atoms with Crippen molar-refractivity contribution in [3.63, 3.8) is 0 Å². The molecule has 16 heavy (non-hydrogen) atoms. The Morgan fingerprint density at radius 2 is 1.25 bits per heavy atom. The lowest BCUT2D eigenvalue weighted by atomic mass is 10.2. The molecule has 0 bridgehead atoms. The number of rotatable bonds is 2. The van der Waals surface area contributed by atoms with Gasteiger partial charge in [-0.3, -0.25) is 9.11 Å². The zero-order valence-electron chi connectivity index (χ0n) is 7.95. The smallest absolute Gasteiger partial charge is 0.298 e. The van der Waals surface area contributed by atoms with E-state index in [4.69, 9.17) is 9.11 Å². The Hall–Kier alpha value is -1.16. The minimum absolute atomic E-state index is 0.137. The molecule has 0 radical (unpaired) electrons. The van der Waals surface area contributed by atoms with E-state index < -0.39 is 35.8 Å². The summed E-state index contributed by atoms with van der Waals surface area (Å²) in [4.78, 5) is -1.94. The fourth-order valence-corrected chi connectivity index (χ4v) is 2.55. The minimum Gasteiger partial charge on any atom is -0.505 e. The van der Waals surface area contributed by atoms with Crippen molar-refractivity contribution in [2.75, 3.05) is 0 Å². The van der Waals surface area contributed by atoms with Crippen LogP contribution in [0.3, 0.4) is 0 Å². The Balaban J connectivity index is 3.78. The van der Waals surface area contributed by atoms with E-state index in [0.717, 1.165) is 12.1 Å². The van der Waals surface area contributed by atoms with Gasteiger partial charge in [-0.25, -0.2) is 0 Å². The lowest BCUT2D eigenvalue weighted by Crippen LogP contribution is -2.05. The molecule has 3 N–H and O–H groups in total. The lowest BCUT2D eigenvalue weighted by molar-refractivity contribution is 0.422. The topological polar surface area (TPSA) is 129 Å². The predicted octanol–water partition coefficient (Wildman–Crippen LogP) is 0.194. The van der Waals surface area contributed by atoms with Crippen molar-refractivity contribution in [1.82, 2.24) is 0 Å². The van der Waals surface area contributed by atoms with Crippen molar-refractivity contribution in [3.8, 4) is 5.75 Å². The van der Waals surface area contributed by atoms with Crippen LogP contribution in [0, 0.1) is 6.92 Å². The van der Waals surface area contributed by atoms with E-state index in [2.05, 4.69) is 0 Å². The molecule has 7 nitrogen and oxygen atoms in total. The summed E-state index contributed by atoms with van der Waals surface area (Å²) in [6.07, 6.45) is 0. The van der Waals surface area contributed by atoms with Crippen molar-refractivity contribution in [3.05, 3.63) is 17.7 Å². The van der Waals surface area contributed by atoms with Crippen molar-refractivity contribution < 1.29 is 31.0 Å². The third-order valence-corrected chi connectivity index (χ3v) is 3.47. The van der Waals surface area contributed by atoms with Crippen LogP contribution < -0.4 is 0 Å². The Kier molecular flexibility index (Phi) is 2.98. The molecule has 0 aliphatic heterocycles. The SMILES string of the molecule is Cc1cc(S(=O)(=O)O)c(O)c(S(=O)(=O)O)c1. The fraction of sp³-hybridized carbons (Fsp3) is 0.143. The fourth-order valence-electron chi connectivity index (χ4n) is 1.11. The molecule has 90 valence electrons. The van der Waals surface area contributed by atoms with E-state index in [9.17, 15) is 21.9 Å². The van der Waals surface area contributed by atoms with E-state index in [0.29, 0.717) is 0 Å². The van der Waals surface area contributed by atoms with E-state index in [-0.39, 0.29) is 5.56 Å². The summed E-state index contributed by atoms with van der Waals surface area (Å²) in [5.41, 5.74) is 0.137. The molecule has 0 unspecified atom stereocenters. The van der Waals surface area contributed by atoms with Gasteiger partial charge in [0, 0.05) is 0 Å². The summed E-state index contributed by atoms with van der Waals surface area (Å²) in [5.74, 6) is -1.21. The van der Waals surface area contributed by atoms with Gasteiger partial charge >= 0.3 is 0 Å². The first-order valence-corrected chi connectivity index (χ1v) is 6.70. The van der Waals surface area contributed by atoms with Crippen molar-refractivity contribution >= 4 is 20.2 Å². The molecule has 0 aliphatic carbocycles. The molecule has 1 aromatic rings. The highest BCUT2D eigenvalue weighted by Gasteiger charge is 2.24. The molecule has 0 aromatic heterocycles. The Morgan fingerprint density at radius 1 is 0.938 bits per heavy atom. The normalized spacial score (nSPS) is 12.7. The zero-order chi connectivity index (χ0) is 12.7. The Labute approximate surface area is 91.8 Å². The second kappa shape index (κ2) is 3.70.